The van der Waals surface area contributed by atoms with Crippen molar-refractivity contribution in [2.45, 2.75) is 6.92 Å². The highest BCUT2D eigenvalue weighted by Gasteiger charge is 1.93. The van der Waals surface area contributed by atoms with Gasteiger partial charge in [-0.2, -0.15) is 5.10 Å². The Kier molecular flexibility index (Phi) is 2.60. The minimum absolute atomic E-state index is 0.968. The smallest absolute Gasteiger partial charge is 0.0645 e. The lowest BCUT2D eigenvalue weighted by molar-refractivity contribution is 0.899. The van der Waals surface area contributed by atoms with Crippen LogP contribution >= 0.6 is 0 Å². The minimum atomic E-state index is 0.968. The predicted molar refractivity (Wildman–Crippen MR) is 45.5 cm³/mol. The Hall–Kier alpha value is -1.38. The van der Waals surface area contributed by atoms with Crippen LogP contribution in [0.15, 0.2) is 29.6 Å². The summed E-state index contributed by atoms with van der Waals surface area (Å²) in [6.07, 6.45) is 3.51. The summed E-state index contributed by atoms with van der Waals surface area (Å²) >= 11 is 0. The van der Waals surface area contributed by atoms with Crippen molar-refractivity contribution < 1.29 is 0 Å². The number of nitrogens with one attached hydrogen (secondary N) is 1. The van der Waals surface area contributed by atoms with Crippen LogP contribution in [0, 0.1) is 0 Å². The normalized spacial score (nSPS) is 11.3. The number of hydrogen-bond acceptors (Lipinski definition) is 3. The molecule has 0 aliphatic heterocycles. The highest BCUT2D eigenvalue weighted by molar-refractivity contribution is 5.98. The molecule has 0 radical (unpaired) electrons. The average Bonchev–Trinajstić information content (AvgIpc) is 2.07. The van der Waals surface area contributed by atoms with E-state index >= 15 is 0 Å². The fourth-order valence-corrected chi connectivity index (χ4v) is 0.825. The van der Waals surface area contributed by atoms with E-state index in [0.29, 0.717) is 0 Å². The first-order valence-electron chi connectivity index (χ1n) is 3.46. The summed E-state index contributed by atoms with van der Waals surface area (Å²) in [4.78, 5) is 3.91. The molecule has 3 heteroatoms. The average molecular weight is 149 g/mol. The Balaban J connectivity index is 2.85. The van der Waals surface area contributed by atoms with Gasteiger partial charge in [0.1, 0.15) is 0 Å². The molecule has 11 heavy (non-hydrogen) atoms. The van der Waals surface area contributed by atoms with Crippen molar-refractivity contribution in [2.24, 2.45) is 5.10 Å². The molecule has 0 saturated carbocycles. The second-order valence-electron chi connectivity index (χ2n) is 2.16. The highest BCUT2D eigenvalue weighted by Crippen LogP contribution is 1.97. The van der Waals surface area contributed by atoms with Gasteiger partial charge < -0.3 is 5.43 Å². The lowest BCUT2D eigenvalue weighted by atomic mass is 10.2. The fourth-order valence-electron chi connectivity index (χ4n) is 0.825. The molecular weight excluding hydrogens is 138 g/mol. The fraction of sp³-hybridized carbons (Fsp3) is 0.250. The Labute approximate surface area is 66.2 Å². The van der Waals surface area contributed by atoms with E-state index < -0.39 is 0 Å². The third-order valence-electron chi connectivity index (χ3n) is 1.38. The van der Waals surface area contributed by atoms with Crippen molar-refractivity contribution in [3.8, 4) is 0 Å². The number of hydrazone groups is 1. The molecule has 3 nitrogen and oxygen atoms in total. The van der Waals surface area contributed by atoms with Gasteiger partial charge in [0, 0.05) is 25.0 Å². The maximum atomic E-state index is 4.03. The maximum Gasteiger partial charge on any atom is 0.0645 e. The number of rotatable bonds is 2. The van der Waals surface area contributed by atoms with Crippen LogP contribution in [-0.4, -0.2) is 17.7 Å². The molecule has 58 valence electrons. The van der Waals surface area contributed by atoms with Gasteiger partial charge >= 0.3 is 0 Å². The second kappa shape index (κ2) is 3.71. The summed E-state index contributed by atoms with van der Waals surface area (Å²) in [5, 5.41) is 4.03. The third kappa shape index (κ3) is 2.04. The third-order valence-corrected chi connectivity index (χ3v) is 1.38. The SMILES string of the molecule is CNN=C(C)c1ccncc1. The van der Waals surface area contributed by atoms with Crippen LogP contribution < -0.4 is 5.43 Å². The van der Waals surface area contributed by atoms with Gasteiger partial charge in [-0.15, -0.1) is 0 Å². The summed E-state index contributed by atoms with van der Waals surface area (Å²) in [6, 6.07) is 3.85. The van der Waals surface area contributed by atoms with Crippen LogP contribution in [0.1, 0.15) is 12.5 Å². The number of pyridine rings is 1. The van der Waals surface area contributed by atoms with Gasteiger partial charge in [-0.1, -0.05) is 0 Å². The number of nitrogens with zero attached hydrogens (tertiary/aromatic N) is 2. The van der Waals surface area contributed by atoms with Crippen LogP contribution in [0.4, 0.5) is 0 Å². The quantitative estimate of drug-likeness (QED) is 0.503. The Morgan fingerprint density at radius 3 is 2.64 bits per heavy atom. The van der Waals surface area contributed by atoms with Crippen LogP contribution in [0.3, 0.4) is 0 Å². The second-order valence-corrected chi connectivity index (χ2v) is 2.16. The minimum Gasteiger partial charge on any atom is -0.313 e. The summed E-state index contributed by atoms with van der Waals surface area (Å²) in [5.41, 5.74) is 4.79. The first-order chi connectivity index (χ1) is 5.34. The molecule has 0 amide bonds. The Morgan fingerprint density at radius 1 is 1.45 bits per heavy atom. The number of aromatic nitrogens is 1. The van der Waals surface area contributed by atoms with E-state index in [0.717, 1.165) is 11.3 Å². The Morgan fingerprint density at radius 2 is 2.09 bits per heavy atom. The van der Waals surface area contributed by atoms with Crippen molar-refractivity contribution in [3.63, 3.8) is 0 Å². The topological polar surface area (TPSA) is 37.3 Å². The van der Waals surface area contributed by atoms with E-state index in [2.05, 4.69) is 15.5 Å². The van der Waals surface area contributed by atoms with E-state index in [-0.39, 0.29) is 0 Å². The molecule has 0 spiro atoms. The molecule has 0 saturated heterocycles. The van der Waals surface area contributed by atoms with Crippen molar-refractivity contribution in [1.82, 2.24) is 10.4 Å². The summed E-state index contributed by atoms with van der Waals surface area (Å²) in [6.45, 7) is 1.95. The van der Waals surface area contributed by atoms with E-state index in [1.165, 1.54) is 0 Å². The standard InChI is InChI=1S/C8H11N3/c1-7(11-9-2)8-3-5-10-6-4-8/h3-6,9H,1-2H3. The molecule has 0 unspecified atom stereocenters. The molecule has 0 aliphatic rings. The van der Waals surface area contributed by atoms with Gasteiger partial charge in [0.15, 0.2) is 0 Å². The Bertz CT molecular complexity index is 241. The summed E-state index contributed by atoms with van der Waals surface area (Å²) in [7, 11) is 1.78. The first-order valence-corrected chi connectivity index (χ1v) is 3.46. The molecule has 1 aromatic rings. The lowest BCUT2D eigenvalue weighted by Crippen LogP contribution is -2.02. The van der Waals surface area contributed by atoms with Crippen LogP contribution in [0.25, 0.3) is 0 Å². The van der Waals surface area contributed by atoms with Crippen LogP contribution in [-0.2, 0) is 0 Å². The van der Waals surface area contributed by atoms with Gasteiger partial charge in [-0.05, 0) is 19.1 Å². The van der Waals surface area contributed by atoms with E-state index in [4.69, 9.17) is 0 Å². The van der Waals surface area contributed by atoms with Crippen molar-refractivity contribution in [1.29, 1.82) is 0 Å². The monoisotopic (exact) mass is 149 g/mol. The molecule has 1 N–H and O–H groups in total. The van der Waals surface area contributed by atoms with E-state index in [1.54, 1.807) is 19.4 Å². The van der Waals surface area contributed by atoms with Gasteiger partial charge in [0.05, 0.1) is 5.71 Å². The largest absolute Gasteiger partial charge is 0.313 e. The van der Waals surface area contributed by atoms with E-state index in [9.17, 15) is 0 Å². The zero-order valence-electron chi connectivity index (χ0n) is 6.70. The molecule has 1 rings (SSSR count). The van der Waals surface area contributed by atoms with Crippen molar-refractivity contribution >= 4 is 5.71 Å². The molecule has 0 aromatic carbocycles. The zero-order valence-corrected chi connectivity index (χ0v) is 6.70. The number of hydrogen-bond donors (Lipinski definition) is 1. The zero-order chi connectivity index (χ0) is 8.10. The molecular formula is C8H11N3. The predicted octanol–water partition coefficient (Wildman–Crippen LogP) is 1.02. The molecule has 0 atom stereocenters. The van der Waals surface area contributed by atoms with E-state index in [1.807, 2.05) is 19.1 Å². The molecule has 0 aliphatic carbocycles. The summed E-state index contributed by atoms with van der Waals surface area (Å²) in [5.74, 6) is 0. The van der Waals surface area contributed by atoms with Crippen LogP contribution in [0.2, 0.25) is 0 Å². The molecule has 1 heterocycles. The van der Waals surface area contributed by atoms with Gasteiger partial charge in [0.25, 0.3) is 0 Å². The molecule has 1 aromatic heterocycles. The van der Waals surface area contributed by atoms with Crippen LogP contribution in [0.5, 0.6) is 0 Å². The molecule has 0 bridgehead atoms. The molecule has 0 fully saturated rings. The van der Waals surface area contributed by atoms with Gasteiger partial charge in [-0.25, -0.2) is 0 Å². The summed E-state index contributed by atoms with van der Waals surface area (Å²) < 4.78 is 0. The van der Waals surface area contributed by atoms with Crippen molar-refractivity contribution in [3.05, 3.63) is 30.1 Å². The van der Waals surface area contributed by atoms with Crippen molar-refractivity contribution in [2.75, 3.05) is 7.05 Å². The van der Waals surface area contributed by atoms with Gasteiger partial charge in [-0.3, -0.25) is 4.98 Å². The first kappa shape index (κ1) is 7.72. The van der Waals surface area contributed by atoms with Gasteiger partial charge in [0.2, 0.25) is 0 Å². The lowest BCUT2D eigenvalue weighted by Gasteiger charge is -1.97. The highest BCUT2D eigenvalue weighted by atomic mass is 15.3. The maximum absolute atomic E-state index is 4.03.